The van der Waals surface area contributed by atoms with Crippen LogP contribution in [-0.2, 0) is 9.71 Å². The summed E-state index contributed by atoms with van der Waals surface area (Å²) in [5.41, 5.74) is 0. The molecule has 2 nitrogen and oxygen atoms in total. The molecule has 0 N–H and O–H groups in total. The highest BCUT2D eigenvalue weighted by Crippen LogP contribution is 2.24. The first kappa shape index (κ1) is 9.99. The Morgan fingerprint density at radius 1 is 1.67 bits per heavy atom. The lowest BCUT2D eigenvalue weighted by Crippen LogP contribution is -2.27. The minimum absolute atomic E-state index is 0.0486. The fraction of sp³-hybridized carbons (Fsp3) is 0.875. The molecule has 72 valence electrons. The van der Waals surface area contributed by atoms with Gasteiger partial charge in [0.1, 0.15) is 0 Å². The van der Waals surface area contributed by atoms with E-state index in [1.165, 1.54) is 0 Å². The van der Waals surface area contributed by atoms with Crippen molar-refractivity contribution >= 4 is 15.6 Å². The van der Waals surface area contributed by atoms with E-state index >= 15 is 0 Å². The van der Waals surface area contributed by atoms with Gasteiger partial charge in [0.25, 0.3) is 0 Å². The van der Waals surface area contributed by atoms with Crippen LogP contribution in [0, 0.1) is 11.8 Å². The van der Waals surface area contributed by atoms with Crippen LogP contribution >= 0.6 is 0 Å². The zero-order valence-corrected chi connectivity index (χ0v) is 8.44. The van der Waals surface area contributed by atoms with E-state index in [-0.39, 0.29) is 12.6 Å². The van der Waals surface area contributed by atoms with Gasteiger partial charge in [0.05, 0.1) is 6.67 Å². The molecule has 3 atom stereocenters. The average molecular weight is 193 g/mol. The SMILES string of the molecule is C=S(C)(=O)N1CC(CF)[C@H](C)C1. The summed E-state index contributed by atoms with van der Waals surface area (Å²) in [6, 6.07) is 0. The third-order valence-corrected chi connectivity index (χ3v) is 3.87. The summed E-state index contributed by atoms with van der Waals surface area (Å²) in [5, 5.41) is 0. The highest BCUT2D eigenvalue weighted by Gasteiger charge is 2.31. The Morgan fingerprint density at radius 2 is 2.25 bits per heavy atom. The molecule has 4 heteroatoms. The van der Waals surface area contributed by atoms with Gasteiger partial charge in [0.2, 0.25) is 0 Å². The van der Waals surface area contributed by atoms with E-state index in [2.05, 4.69) is 5.87 Å². The highest BCUT2D eigenvalue weighted by molar-refractivity contribution is 7.97. The first-order valence-electron chi connectivity index (χ1n) is 4.08. The fourth-order valence-electron chi connectivity index (χ4n) is 1.50. The molecule has 1 saturated heterocycles. The van der Waals surface area contributed by atoms with Crippen molar-refractivity contribution in [1.29, 1.82) is 0 Å². The van der Waals surface area contributed by atoms with E-state index < -0.39 is 9.71 Å². The van der Waals surface area contributed by atoms with E-state index in [4.69, 9.17) is 0 Å². The van der Waals surface area contributed by atoms with Crippen molar-refractivity contribution < 1.29 is 8.60 Å². The number of halogens is 1. The lowest BCUT2D eigenvalue weighted by Gasteiger charge is -2.16. The highest BCUT2D eigenvalue weighted by atomic mass is 32.2. The van der Waals surface area contributed by atoms with Crippen LogP contribution in [0.2, 0.25) is 0 Å². The quantitative estimate of drug-likeness (QED) is 0.594. The Balaban J connectivity index is 2.67. The van der Waals surface area contributed by atoms with Gasteiger partial charge in [-0.05, 0) is 11.8 Å². The maximum atomic E-state index is 12.4. The van der Waals surface area contributed by atoms with Crippen LogP contribution in [0.15, 0.2) is 0 Å². The zero-order chi connectivity index (χ0) is 9.35. The molecule has 0 aromatic carbocycles. The van der Waals surface area contributed by atoms with E-state index in [9.17, 15) is 8.60 Å². The van der Waals surface area contributed by atoms with Crippen molar-refractivity contribution in [2.45, 2.75) is 6.92 Å². The minimum atomic E-state index is -2.11. The molecule has 12 heavy (non-hydrogen) atoms. The largest absolute Gasteiger partial charge is 0.253 e. The van der Waals surface area contributed by atoms with Gasteiger partial charge in [0.15, 0.2) is 0 Å². The topological polar surface area (TPSA) is 20.3 Å². The summed E-state index contributed by atoms with van der Waals surface area (Å²) >= 11 is 0. The van der Waals surface area contributed by atoms with Gasteiger partial charge in [-0.2, -0.15) is 0 Å². The van der Waals surface area contributed by atoms with Crippen molar-refractivity contribution in [3.05, 3.63) is 0 Å². The molecule has 0 spiro atoms. The third kappa shape index (κ3) is 1.98. The Kier molecular flexibility index (Phi) is 2.78. The summed E-state index contributed by atoms with van der Waals surface area (Å²) in [4.78, 5) is 0. The molecule has 0 aromatic heterocycles. The van der Waals surface area contributed by atoms with Crippen LogP contribution in [0.4, 0.5) is 4.39 Å². The molecule has 0 bridgehead atoms. The Labute approximate surface area is 73.9 Å². The second-order valence-electron chi connectivity index (χ2n) is 3.70. The molecular formula is C8H16FNOS. The lowest BCUT2D eigenvalue weighted by atomic mass is 10.0. The molecule has 1 aliphatic heterocycles. The standard InChI is InChI=1S/C8H16FNOS/c1-7-5-10(12(2,3)11)6-8(7)4-9/h7-8H,2,4-6H2,1,3H3/t7-,8?,12?/m1/s1. The van der Waals surface area contributed by atoms with Crippen LogP contribution in [0.5, 0.6) is 0 Å². The molecule has 0 aliphatic carbocycles. The van der Waals surface area contributed by atoms with Gasteiger partial charge < -0.3 is 0 Å². The molecular weight excluding hydrogens is 177 g/mol. The van der Waals surface area contributed by atoms with Gasteiger partial charge in [0, 0.05) is 35.0 Å². The number of hydrogen-bond acceptors (Lipinski definition) is 1. The molecule has 1 rings (SSSR count). The van der Waals surface area contributed by atoms with Crippen molar-refractivity contribution in [3.8, 4) is 0 Å². The van der Waals surface area contributed by atoms with E-state index in [0.717, 1.165) is 0 Å². The minimum Gasteiger partial charge on any atom is -0.253 e. The molecule has 1 fully saturated rings. The number of nitrogens with zero attached hydrogens (tertiary/aromatic N) is 1. The molecule has 1 heterocycles. The molecule has 0 saturated carbocycles. The van der Waals surface area contributed by atoms with E-state index in [0.29, 0.717) is 19.0 Å². The second kappa shape index (κ2) is 3.34. The van der Waals surface area contributed by atoms with Crippen LogP contribution in [0.3, 0.4) is 0 Å². The molecule has 0 amide bonds. The third-order valence-electron chi connectivity index (χ3n) is 2.48. The van der Waals surface area contributed by atoms with Gasteiger partial charge in [-0.3, -0.25) is 8.60 Å². The van der Waals surface area contributed by atoms with Crippen molar-refractivity contribution in [3.63, 3.8) is 0 Å². The zero-order valence-electron chi connectivity index (χ0n) is 7.62. The normalized spacial score (nSPS) is 36.6. The lowest BCUT2D eigenvalue weighted by molar-refractivity contribution is 0.326. The van der Waals surface area contributed by atoms with Crippen molar-refractivity contribution in [1.82, 2.24) is 4.31 Å². The fourth-order valence-corrected chi connectivity index (χ4v) is 2.56. The predicted molar refractivity (Wildman–Crippen MR) is 51.4 cm³/mol. The van der Waals surface area contributed by atoms with Crippen molar-refractivity contribution in [2.24, 2.45) is 11.8 Å². The molecule has 2 unspecified atom stereocenters. The first-order valence-corrected chi connectivity index (χ1v) is 6.17. The molecule has 1 aliphatic rings. The van der Waals surface area contributed by atoms with Gasteiger partial charge in [-0.25, -0.2) is 4.31 Å². The summed E-state index contributed by atoms with van der Waals surface area (Å²) in [6.07, 6.45) is 1.61. The Morgan fingerprint density at radius 3 is 2.50 bits per heavy atom. The van der Waals surface area contributed by atoms with E-state index in [1.54, 1.807) is 10.6 Å². The monoisotopic (exact) mass is 193 g/mol. The Hall–Kier alpha value is -0.0900. The van der Waals surface area contributed by atoms with E-state index in [1.807, 2.05) is 6.92 Å². The van der Waals surface area contributed by atoms with Gasteiger partial charge >= 0.3 is 0 Å². The van der Waals surface area contributed by atoms with Crippen LogP contribution < -0.4 is 0 Å². The summed E-state index contributed by atoms with van der Waals surface area (Å²) in [7, 11) is -2.11. The second-order valence-corrected chi connectivity index (χ2v) is 6.13. The van der Waals surface area contributed by atoms with Crippen LogP contribution in [0.25, 0.3) is 0 Å². The summed E-state index contributed by atoms with van der Waals surface area (Å²) in [5.74, 6) is 3.94. The van der Waals surface area contributed by atoms with Crippen LogP contribution in [0.1, 0.15) is 6.92 Å². The molecule has 0 radical (unpaired) electrons. The predicted octanol–water partition coefficient (Wildman–Crippen LogP) is 0.785. The Bertz CT molecular complexity index is 250. The van der Waals surface area contributed by atoms with Gasteiger partial charge in [-0.15, -0.1) is 0 Å². The van der Waals surface area contributed by atoms with Gasteiger partial charge in [-0.1, -0.05) is 6.92 Å². The number of hydrogen-bond donors (Lipinski definition) is 0. The number of alkyl halides is 1. The maximum absolute atomic E-state index is 12.4. The molecule has 0 aromatic rings. The van der Waals surface area contributed by atoms with Crippen molar-refractivity contribution in [2.75, 3.05) is 26.0 Å². The summed E-state index contributed by atoms with van der Waals surface area (Å²) in [6.45, 7) is 2.99. The number of rotatable bonds is 2. The van der Waals surface area contributed by atoms with Crippen LogP contribution in [-0.4, -0.2) is 40.4 Å². The summed E-state index contributed by atoms with van der Waals surface area (Å²) < 4.78 is 25.7. The average Bonchev–Trinajstić information content (AvgIpc) is 2.29. The first-order chi connectivity index (χ1) is 5.45. The smallest absolute Gasteiger partial charge is 0.0938 e. The maximum Gasteiger partial charge on any atom is 0.0938 e.